The minimum atomic E-state index is -0.349. The maximum atomic E-state index is 11.5. The third kappa shape index (κ3) is 3.11. The number of hydrogen-bond acceptors (Lipinski definition) is 3. The van der Waals surface area contributed by atoms with Crippen molar-refractivity contribution in [3.8, 4) is 11.4 Å². The molecule has 3 rings (SSSR count). The predicted octanol–water partition coefficient (Wildman–Crippen LogP) is 4.04. The van der Waals surface area contributed by atoms with Crippen molar-refractivity contribution in [2.24, 2.45) is 0 Å². The average molecular weight is 282 g/mol. The van der Waals surface area contributed by atoms with Gasteiger partial charge in [0.05, 0.1) is 23.7 Å². The van der Waals surface area contributed by atoms with Crippen molar-refractivity contribution >= 4 is 17.0 Å². The van der Waals surface area contributed by atoms with Crippen LogP contribution in [0.5, 0.6) is 0 Å². The minimum absolute atomic E-state index is 0.349. The topological polar surface area (TPSA) is 55.0 Å². The Morgan fingerprint density at radius 1 is 1.10 bits per heavy atom. The minimum Gasteiger partial charge on any atom is -0.465 e. The van der Waals surface area contributed by atoms with Gasteiger partial charge >= 0.3 is 5.97 Å². The summed E-state index contributed by atoms with van der Waals surface area (Å²) in [5.74, 6) is 0.440. The third-order valence-corrected chi connectivity index (χ3v) is 2.95. The van der Waals surface area contributed by atoms with Gasteiger partial charge in [-0.3, -0.25) is 0 Å². The summed E-state index contributed by atoms with van der Waals surface area (Å²) in [5.41, 5.74) is 3.17. The third-order valence-electron chi connectivity index (χ3n) is 2.95. The van der Waals surface area contributed by atoms with Gasteiger partial charge in [0, 0.05) is 5.56 Å². The van der Waals surface area contributed by atoms with Gasteiger partial charge in [0.15, 0.2) is 0 Å². The van der Waals surface area contributed by atoms with E-state index in [9.17, 15) is 4.79 Å². The molecule has 1 aromatic heterocycles. The highest BCUT2D eigenvalue weighted by Gasteiger charge is 2.09. The number of methoxy groups -OCH3 is 1. The molecule has 0 fully saturated rings. The number of aromatic amines is 1. The fraction of sp³-hybridized carbons (Fsp3) is 0.176. The van der Waals surface area contributed by atoms with E-state index in [0.29, 0.717) is 5.56 Å². The van der Waals surface area contributed by atoms with E-state index in [4.69, 9.17) is 4.74 Å². The second kappa shape index (κ2) is 6.70. The van der Waals surface area contributed by atoms with Gasteiger partial charge in [-0.05, 0) is 18.2 Å². The Balaban J connectivity index is 0.000000774. The van der Waals surface area contributed by atoms with E-state index < -0.39 is 0 Å². The number of esters is 1. The first-order valence-electron chi connectivity index (χ1n) is 6.91. The SMILES string of the molecule is CC.COC(=O)c1ccc2nc(-c3ccccc3)[nH]c2c1. The van der Waals surface area contributed by atoms with Crippen LogP contribution in [-0.4, -0.2) is 23.0 Å². The molecular formula is C17H18N2O2. The first-order chi connectivity index (χ1) is 10.3. The van der Waals surface area contributed by atoms with Crippen LogP contribution >= 0.6 is 0 Å². The first-order valence-corrected chi connectivity index (χ1v) is 6.91. The molecule has 0 aliphatic rings. The van der Waals surface area contributed by atoms with E-state index in [-0.39, 0.29) is 5.97 Å². The summed E-state index contributed by atoms with van der Waals surface area (Å²) in [6.07, 6.45) is 0. The summed E-state index contributed by atoms with van der Waals surface area (Å²) in [6, 6.07) is 15.1. The highest BCUT2D eigenvalue weighted by Crippen LogP contribution is 2.21. The van der Waals surface area contributed by atoms with Crippen LogP contribution in [0.15, 0.2) is 48.5 Å². The smallest absolute Gasteiger partial charge is 0.337 e. The van der Waals surface area contributed by atoms with Crippen LogP contribution in [0.1, 0.15) is 24.2 Å². The van der Waals surface area contributed by atoms with Gasteiger partial charge in [-0.15, -0.1) is 0 Å². The number of hydrogen-bond donors (Lipinski definition) is 1. The van der Waals surface area contributed by atoms with E-state index in [1.165, 1.54) is 7.11 Å². The monoisotopic (exact) mass is 282 g/mol. The quantitative estimate of drug-likeness (QED) is 0.722. The maximum Gasteiger partial charge on any atom is 0.337 e. The second-order valence-electron chi connectivity index (χ2n) is 4.17. The highest BCUT2D eigenvalue weighted by atomic mass is 16.5. The molecule has 1 heterocycles. The largest absolute Gasteiger partial charge is 0.465 e. The number of nitrogens with one attached hydrogen (secondary N) is 1. The van der Waals surface area contributed by atoms with E-state index in [0.717, 1.165) is 22.4 Å². The van der Waals surface area contributed by atoms with Gasteiger partial charge < -0.3 is 9.72 Å². The van der Waals surface area contributed by atoms with Gasteiger partial charge in [-0.2, -0.15) is 0 Å². The molecule has 0 amide bonds. The van der Waals surface area contributed by atoms with Gasteiger partial charge in [0.2, 0.25) is 0 Å². The summed E-state index contributed by atoms with van der Waals surface area (Å²) < 4.78 is 4.70. The Labute approximate surface area is 123 Å². The molecule has 4 nitrogen and oxygen atoms in total. The number of aromatic nitrogens is 2. The van der Waals surface area contributed by atoms with Crippen molar-refractivity contribution in [1.82, 2.24) is 9.97 Å². The maximum absolute atomic E-state index is 11.5. The van der Waals surface area contributed by atoms with Crippen LogP contribution in [0.4, 0.5) is 0 Å². The Morgan fingerprint density at radius 3 is 2.48 bits per heavy atom. The molecule has 2 aromatic carbocycles. The zero-order chi connectivity index (χ0) is 15.2. The molecule has 3 aromatic rings. The van der Waals surface area contributed by atoms with E-state index in [1.54, 1.807) is 12.1 Å². The number of imidazole rings is 1. The molecule has 0 saturated heterocycles. The molecule has 1 N–H and O–H groups in total. The standard InChI is InChI=1S/C15H12N2O2.C2H6/c1-19-15(18)11-7-8-12-13(9-11)17-14(16-12)10-5-3-2-4-6-10;1-2/h2-9H,1H3,(H,16,17);1-2H3. The Bertz CT molecular complexity index is 733. The van der Waals surface area contributed by atoms with E-state index in [2.05, 4.69) is 9.97 Å². The molecule has 0 aliphatic carbocycles. The number of carbonyl (C=O) groups excluding carboxylic acids is 1. The summed E-state index contributed by atoms with van der Waals surface area (Å²) in [6.45, 7) is 4.00. The van der Waals surface area contributed by atoms with Crippen molar-refractivity contribution in [2.75, 3.05) is 7.11 Å². The number of fused-ring (bicyclic) bond motifs is 1. The lowest BCUT2D eigenvalue weighted by Crippen LogP contribution is -2.00. The molecular weight excluding hydrogens is 264 g/mol. The van der Waals surface area contributed by atoms with Crippen LogP contribution in [0.3, 0.4) is 0 Å². The zero-order valence-corrected chi connectivity index (χ0v) is 12.4. The first kappa shape index (κ1) is 14.8. The lowest BCUT2D eigenvalue weighted by atomic mass is 10.2. The van der Waals surface area contributed by atoms with Crippen molar-refractivity contribution in [3.05, 3.63) is 54.1 Å². The van der Waals surface area contributed by atoms with Gasteiger partial charge in [0.25, 0.3) is 0 Å². The molecule has 0 bridgehead atoms. The number of ether oxygens (including phenoxy) is 1. The molecule has 108 valence electrons. The lowest BCUT2D eigenvalue weighted by Gasteiger charge is -1.97. The Kier molecular flexibility index (Phi) is 4.72. The summed E-state index contributed by atoms with van der Waals surface area (Å²) >= 11 is 0. The van der Waals surface area contributed by atoms with E-state index in [1.807, 2.05) is 50.2 Å². The molecule has 4 heteroatoms. The number of benzene rings is 2. The average Bonchev–Trinajstić information content (AvgIpc) is 3.00. The van der Waals surface area contributed by atoms with Crippen LogP contribution in [0.25, 0.3) is 22.4 Å². The number of rotatable bonds is 2. The summed E-state index contributed by atoms with van der Waals surface area (Å²) in [4.78, 5) is 19.2. The fourth-order valence-corrected chi connectivity index (χ4v) is 1.99. The number of carbonyl (C=O) groups is 1. The molecule has 0 radical (unpaired) electrons. The number of H-pyrrole nitrogens is 1. The summed E-state index contributed by atoms with van der Waals surface area (Å²) in [5, 5.41) is 0. The Morgan fingerprint density at radius 2 is 1.81 bits per heavy atom. The lowest BCUT2D eigenvalue weighted by molar-refractivity contribution is 0.0601. The van der Waals surface area contributed by atoms with Crippen molar-refractivity contribution in [1.29, 1.82) is 0 Å². The molecule has 0 aliphatic heterocycles. The second-order valence-corrected chi connectivity index (χ2v) is 4.17. The Hall–Kier alpha value is -2.62. The highest BCUT2D eigenvalue weighted by molar-refractivity contribution is 5.94. The van der Waals surface area contributed by atoms with Gasteiger partial charge in [0.1, 0.15) is 5.82 Å². The fourth-order valence-electron chi connectivity index (χ4n) is 1.99. The van der Waals surface area contributed by atoms with E-state index >= 15 is 0 Å². The molecule has 0 saturated carbocycles. The summed E-state index contributed by atoms with van der Waals surface area (Å²) in [7, 11) is 1.37. The predicted molar refractivity (Wildman–Crippen MR) is 84.2 cm³/mol. The number of nitrogens with zero attached hydrogens (tertiary/aromatic N) is 1. The van der Waals surface area contributed by atoms with Crippen molar-refractivity contribution < 1.29 is 9.53 Å². The molecule has 0 spiro atoms. The molecule has 21 heavy (non-hydrogen) atoms. The van der Waals surface area contributed by atoms with Crippen LogP contribution in [0.2, 0.25) is 0 Å². The van der Waals surface area contributed by atoms with Crippen molar-refractivity contribution in [3.63, 3.8) is 0 Å². The van der Waals surface area contributed by atoms with Crippen LogP contribution in [-0.2, 0) is 4.74 Å². The normalized spacial score (nSPS) is 9.86. The molecule has 0 unspecified atom stereocenters. The van der Waals surface area contributed by atoms with Crippen LogP contribution in [0, 0.1) is 0 Å². The van der Waals surface area contributed by atoms with Crippen molar-refractivity contribution in [2.45, 2.75) is 13.8 Å². The van der Waals surface area contributed by atoms with Crippen LogP contribution < -0.4 is 0 Å². The van der Waals surface area contributed by atoms with Gasteiger partial charge in [-0.1, -0.05) is 44.2 Å². The van der Waals surface area contributed by atoms with Gasteiger partial charge in [-0.25, -0.2) is 9.78 Å². The molecule has 0 atom stereocenters. The zero-order valence-electron chi connectivity index (χ0n) is 12.4.